The van der Waals surface area contributed by atoms with Gasteiger partial charge in [-0.05, 0) is 81.3 Å². The Balaban J connectivity index is 2.01. The van der Waals surface area contributed by atoms with E-state index in [2.05, 4.69) is 21.2 Å². The lowest BCUT2D eigenvalue weighted by atomic mass is 10.1. The third-order valence-electron chi connectivity index (χ3n) is 6.46. The number of hydrogen-bond acceptors (Lipinski definition) is 5. The first kappa shape index (κ1) is 31.2. The van der Waals surface area contributed by atoms with Crippen LogP contribution in [-0.4, -0.2) is 50.4 Å². The van der Waals surface area contributed by atoms with Crippen LogP contribution in [0.25, 0.3) is 0 Å². The summed E-state index contributed by atoms with van der Waals surface area (Å²) in [5.74, 6) is -0.238. The molecule has 0 fully saturated rings. The molecule has 0 aliphatic carbocycles. The molecule has 3 rings (SSSR count). The summed E-state index contributed by atoms with van der Waals surface area (Å²) in [5, 5.41) is 2.93. The summed E-state index contributed by atoms with van der Waals surface area (Å²) in [6, 6.07) is 21.0. The normalized spacial score (nSPS) is 12.7. The molecule has 0 aliphatic rings. The van der Waals surface area contributed by atoms with Crippen LogP contribution in [-0.2, 0) is 26.2 Å². The lowest BCUT2D eigenvalue weighted by Gasteiger charge is -2.32. The van der Waals surface area contributed by atoms with Gasteiger partial charge in [-0.3, -0.25) is 13.9 Å². The van der Waals surface area contributed by atoms with Crippen LogP contribution in [0.15, 0.2) is 88.2 Å². The fourth-order valence-electron chi connectivity index (χ4n) is 4.00. The van der Waals surface area contributed by atoms with Crippen LogP contribution in [0.5, 0.6) is 5.75 Å². The van der Waals surface area contributed by atoms with Crippen molar-refractivity contribution in [3.05, 3.63) is 88.9 Å². The molecule has 10 heteroatoms. The Bertz CT molecular complexity index is 1380. The summed E-state index contributed by atoms with van der Waals surface area (Å²) in [4.78, 5) is 28.6. The van der Waals surface area contributed by atoms with Crippen LogP contribution < -0.4 is 14.4 Å². The Morgan fingerprint density at radius 2 is 1.62 bits per heavy atom. The van der Waals surface area contributed by atoms with Gasteiger partial charge in [0.1, 0.15) is 18.3 Å². The summed E-state index contributed by atoms with van der Waals surface area (Å²) in [7, 11) is -4.12. The van der Waals surface area contributed by atoms with Crippen LogP contribution in [0, 0.1) is 0 Å². The fraction of sp³-hybridized carbons (Fsp3) is 0.333. The zero-order valence-corrected chi connectivity index (χ0v) is 25.6. The molecule has 3 aromatic carbocycles. The molecule has 214 valence electrons. The van der Waals surface area contributed by atoms with E-state index in [0.717, 1.165) is 20.8 Å². The van der Waals surface area contributed by atoms with Gasteiger partial charge in [-0.15, -0.1) is 0 Å². The highest BCUT2D eigenvalue weighted by Crippen LogP contribution is 2.27. The molecule has 0 saturated heterocycles. The number of sulfonamides is 1. The highest BCUT2D eigenvalue weighted by Gasteiger charge is 2.32. The van der Waals surface area contributed by atoms with Gasteiger partial charge in [-0.2, -0.15) is 0 Å². The standard InChI is InChI=1S/C30H36BrN3O5S/c1-5-22(3)32-30(36)23(4)33(20-24-11-10-12-25(31)19-24)29(35)21-34(26-15-17-27(18-16-26)39-6-2)40(37,38)28-13-8-7-9-14-28/h7-19,22-23H,5-6,20-21H2,1-4H3,(H,32,36)/t22-,23+/m1/s1. The molecule has 1 N–H and O–H groups in total. The Hall–Kier alpha value is -3.37. The molecule has 8 nitrogen and oxygen atoms in total. The number of nitrogens with one attached hydrogen (secondary N) is 1. The minimum atomic E-state index is -4.12. The molecule has 0 heterocycles. The predicted octanol–water partition coefficient (Wildman–Crippen LogP) is 5.38. The largest absolute Gasteiger partial charge is 0.494 e. The Morgan fingerprint density at radius 3 is 2.23 bits per heavy atom. The van der Waals surface area contributed by atoms with E-state index < -0.39 is 28.5 Å². The van der Waals surface area contributed by atoms with Gasteiger partial charge in [0, 0.05) is 17.1 Å². The van der Waals surface area contributed by atoms with Crippen molar-refractivity contribution in [2.24, 2.45) is 0 Å². The number of anilines is 1. The number of rotatable bonds is 13. The Morgan fingerprint density at radius 1 is 0.950 bits per heavy atom. The second kappa shape index (κ2) is 14.3. The quantitative estimate of drug-likeness (QED) is 0.274. The van der Waals surface area contributed by atoms with Crippen LogP contribution in [0.2, 0.25) is 0 Å². The van der Waals surface area contributed by atoms with Crippen molar-refractivity contribution in [1.29, 1.82) is 0 Å². The number of carbonyl (C=O) groups excluding carboxylic acids is 2. The third-order valence-corrected chi connectivity index (χ3v) is 8.74. The predicted molar refractivity (Wildman–Crippen MR) is 161 cm³/mol. The van der Waals surface area contributed by atoms with Crippen LogP contribution >= 0.6 is 15.9 Å². The minimum absolute atomic E-state index is 0.0535. The summed E-state index contributed by atoms with van der Waals surface area (Å²) < 4.78 is 35.1. The second-order valence-electron chi connectivity index (χ2n) is 9.40. The number of benzene rings is 3. The summed E-state index contributed by atoms with van der Waals surface area (Å²) in [5.41, 5.74) is 1.10. The van der Waals surface area contributed by atoms with Crippen molar-refractivity contribution < 1.29 is 22.7 Å². The van der Waals surface area contributed by atoms with Gasteiger partial charge in [-0.25, -0.2) is 8.42 Å². The van der Waals surface area contributed by atoms with Crippen LogP contribution in [0.1, 0.15) is 39.7 Å². The van der Waals surface area contributed by atoms with E-state index in [4.69, 9.17) is 4.74 Å². The van der Waals surface area contributed by atoms with Gasteiger partial charge in [0.2, 0.25) is 11.8 Å². The first-order chi connectivity index (χ1) is 19.1. The van der Waals surface area contributed by atoms with E-state index in [-0.39, 0.29) is 23.4 Å². The number of ether oxygens (including phenoxy) is 1. The van der Waals surface area contributed by atoms with Gasteiger partial charge in [0.25, 0.3) is 10.0 Å². The first-order valence-electron chi connectivity index (χ1n) is 13.2. The monoisotopic (exact) mass is 629 g/mol. The molecule has 3 aromatic rings. The van der Waals surface area contributed by atoms with Crippen molar-refractivity contribution in [2.75, 3.05) is 17.5 Å². The van der Waals surface area contributed by atoms with Crippen LogP contribution in [0.4, 0.5) is 5.69 Å². The number of halogens is 1. The average molecular weight is 631 g/mol. The van der Waals surface area contributed by atoms with Gasteiger partial charge >= 0.3 is 0 Å². The molecule has 0 unspecified atom stereocenters. The highest BCUT2D eigenvalue weighted by molar-refractivity contribution is 9.10. The summed E-state index contributed by atoms with van der Waals surface area (Å²) >= 11 is 3.46. The van der Waals surface area contributed by atoms with Gasteiger partial charge < -0.3 is 15.0 Å². The molecule has 0 saturated carbocycles. The lowest BCUT2D eigenvalue weighted by Crippen LogP contribution is -2.52. The molecular formula is C30H36BrN3O5S. The van der Waals surface area contributed by atoms with Crippen molar-refractivity contribution >= 4 is 43.5 Å². The minimum Gasteiger partial charge on any atom is -0.494 e. The molecular weight excluding hydrogens is 594 g/mol. The molecule has 0 aromatic heterocycles. The molecule has 40 heavy (non-hydrogen) atoms. The maximum Gasteiger partial charge on any atom is 0.264 e. The molecule has 0 bridgehead atoms. The zero-order valence-electron chi connectivity index (χ0n) is 23.2. The number of nitrogens with zero attached hydrogens (tertiary/aromatic N) is 2. The van der Waals surface area contributed by atoms with E-state index in [1.54, 1.807) is 49.4 Å². The summed E-state index contributed by atoms with van der Waals surface area (Å²) in [6.45, 7) is 7.45. The van der Waals surface area contributed by atoms with Crippen molar-refractivity contribution in [2.45, 2.75) is 57.6 Å². The maximum atomic E-state index is 14.0. The van der Waals surface area contributed by atoms with Crippen LogP contribution in [0.3, 0.4) is 0 Å². The fourth-order valence-corrected chi connectivity index (χ4v) is 5.89. The molecule has 0 spiro atoms. The first-order valence-corrected chi connectivity index (χ1v) is 15.4. The number of amides is 2. The highest BCUT2D eigenvalue weighted by atomic mass is 79.9. The van der Waals surface area contributed by atoms with E-state index in [1.807, 2.05) is 45.0 Å². The number of carbonyl (C=O) groups is 2. The van der Waals surface area contributed by atoms with E-state index >= 15 is 0 Å². The third kappa shape index (κ3) is 8.08. The summed E-state index contributed by atoms with van der Waals surface area (Å²) in [6.07, 6.45) is 0.735. The topological polar surface area (TPSA) is 96.0 Å². The Labute approximate surface area is 245 Å². The van der Waals surface area contributed by atoms with E-state index in [9.17, 15) is 18.0 Å². The molecule has 0 radical (unpaired) electrons. The van der Waals surface area contributed by atoms with Crippen molar-refractivity contribution in [3.63, 3.8) is 0 Å². The SMILES string of the molecule is CCOc1ccc(N(CC(=O)N(Cc2cccc(Br)c2)[C@@H](C)C(=O)N[C@H](C)CC)S(=O)(=O)c2ccccc2)cc1. The Kier molecular flexibility index (Phi) is 11.2. The average Bonchev–Trinajstić information content (AvgIpc) is 2.95. The van der Waals surface area contributed by atoms with E-state index in [1.165, 1.54) is 17.0 Å². The van der Waals surface area contributed by atoms with Crippen molar-refractivity contribution in [1.82, 2.24) is 10.2 Å². The molecule has 2 atom stereocenters. The van der Waals surface area contributed by atoms with E-state index in [0.29, 0.717) is 18.0 Å². The van der Waals surface area contributed by atoms with Gasteiger partial charge in [-0.1, -0.05) is 53.2 Å². The lowest BCUT2D eigenvalue weighted by molar-refractivity contribution is -0.139. The zero-order chi connectivity index (χ0) is 29.3. The van der Waals surface area contributed by atoms with Gasteiger partial charge in [0.05, 0.1) is 17.2 Å². The molecule has 0 aliphatic heterocycles. The smallest absolute Gasteiger partial charge is 0.264 e. The number of hydrogen-bond donors (Lipinski definition) is 1. The van der Waals surface area contributed by atoms with Crippen molar-refractivity contribution in [3.8, 4) is 5.75 Å². The van der Waals surface area contributed by atoms with Gasteiger partial charge in [0.15, 0.2) is 0 Å². The maximum absolute atomic E-state index is 14.0. The second-order valence-corrected chi connectivity index (χ2v) is 12.2. The molecule has 2 amide bonds.